The van der Waals surface area contributed by atoms with Crippen LogP contribution in [0, 0.1) is 0 Å². The molecule has 1 aromatic heterocycles. The second-order valence-electron chi connectivity index (χ2n) is 8.03. The Bertz CT molecular complexity index is 1450. The maximum Gasteiger partial charge on any atom is 0.253 e. The molecule has 0 aliphatic heterocycles. The summed E-state index contributed by atoms with van der Waals surface area (Å²) in [6.45, 7) is 1.23. The highest BCUT2D eigenvalue weighted by Gasteiger charge is 2.21. The minimum absolute atomic E-state index is 0.207. The van der Waals surface area contributed by atoms with Gasteiger partial charge in [-0.2, -0.15) is 0 Å². The third-order valence-corrected chi connectivity index (χ3v) is 7.17. The molecule has 0 unspecified atom stereocenters. The molecule has 0 fully saturated rings. The van der Waals surface area contributed by atoms with Crippen molar-refractivity contribution >= 4 is 48.8 Å². The van der Waals surface area contributed by atoms with Gasteiger partial charge >= 0.3 is 0 Å². The maximum absolute atomic E-state index is 12.8. The summed E-state index contributed by atoms with van der Waals surface area (Å²) >= 11 is 0. The molecule has 1 heterocycles. The van der Waals surface area contributed by atoms with Crippen LogP contribution in [0.3, 0.4) is 0 Å². The highest BCUT2D eigenvalue weighted by atomic mass is 32.2. The number of hydrogen-bond donors (Lipinski definition) is 1. The highest BCUT2D eigenvalue weighted by Crippen LogP contribution is 2.30. The lowest BCUT2D eigenvalue weighted by Gasteiger charge is -2.14. The predicted molar refractivity (Wildman–Crippen MR) is 126 cm³/mol. The topological polar surface area (TPSA) is 95.5 Å². The number of sulfonamides is 1. The summed E-state index contributed by atoms with van der Waals surface area (Å²) < 4.78 is 26.8. The van der Waals surface area contributed by atoms with Crippen LogP contribution in [0.2, 0.25) is 0 Å². The monoisotopic (exact) mass is 451 g/mol. The molecule has 0 saturated heterocycles. The van der Waals surface area contributed by atoms with Gasteiger partial charge in [-0.3, -0.25) is 4.79 Å². The van der Waals surface area contributed by atoms with E-state index in [-0.39, 0.29) is 10.8 Å². The van der Waals surface area contributed by atoms with Gasteiger partial charge in [-0.05, 0) is 38.4 Å². The van der Waals surface area contributed by atoms with E-state index in [0.717, 1.165) is 6.54 Å². The van der Waals surface area contributed by atoms with Gasteiger partial charge in [-0.25, -0.2) is 22.7 Å². The van der Waals surface area contributed by atoms with Crippen LogP contribution in [0.1, 0.15) is 10.4 Å². The summed E-state index contributed by atoms with van der Waals surface area (Å²) in [5.41, 5.74) is 2.71. The number of nitrogens with zero attached hydrogens (tertiary/aromatic N) is 4. The fourth-order valence-electron chi connectivity index (χ4n) is 3.58. The summed E-state index contributed by atoms with van der Waals surface area (Å²) in [6, 6.07) is 14.0. The van der Waals surface area contributed by atoms with Crippen molar-refractivity contribution < 1.29 is 13.2 Å². The molecule has 4 rings (SSSR count). The van der Waals surface area contributed by atoms with Gasteiger partial charge in [-0.1, -0.05) is 24.3 Å². The molecule has 0 radical (unpaired) electrons. The smallest absolute Gasteiger partial charge is 0.253 e. The lowest BCUT2D eigenvalue weighted by atomic mass is 10.1. The predicted octanol–water partition coefficient (Wildman–Crippen LogP) is 2.48. The maximum atomic E-state index is 12.8. The molecule has 0 bridgehead atoms. The average molecular weight is 452 g/mol. The van der Waals surface area contributed by atoms with Crippen LogP contribution >= 0.6 is 0 Å². The standard InChI is InChI=1S/C23H25N5O3S/c1-27(2)14-13-24-23(29)17-8-5-9-18-22(17)26-21-16-7-6-10-20(32(30,31)28(3)4)15(16)11-12-19(21)25-18/h5-12H,13-14H2,1-4H3,(H,24,29). The van der Waals surface area contributed by atoms with E-state index >= 15 is 0 Å². The number of rotatable bonds is 6. The molecule has 8 nitrogen and oxygen atoms in total. The summed E-state index contributed by atoms with van der Waals surface area (Å²) in [5, 5.41) is 4.15. The van der Waals surface area contributed by atoms with Crippen molar-refractivity contribution in [3.8, 4) is 0 Å². The molecule has 0 atom stereocenters. The molecule has 0 aliphatic rings. The van der Waals surface area contributed by atoms with Crippen molar-refractivity contribution in [2.24, 2.45) is 0 Å². The fourth-order valence-corrected chi connectivity index (χ4v) is 4.68. The second-order valence-corrected chi connectivity index (χ2v) is 10.1. The molecule has 0 spiro atoms. The molecular formula is C23H25N5O3S. The van der Waals surface area contributed by atoms with Crippen molar-refractivity contribution in [1.82, 2.24) is 24.5 Å². The largest absolute Gasteiger partial charge is 0.351 e. The van der Waals surface area contributed by atoms with E-state index in [0.29, 0.717) is 44.9 Å². The molecule has 0 aliphatic carbocycles. The number of benzene rings is 3. The van der Waals surface area contributed by atoms with E-state index in [1.807, 2.05) is 31.1 Å². The molecule has 1 amide bonds. The van der Waals surface area contributed by atoms with Gasteiger partial charge in [0.05, 0.1) is 27.0 Å². The van der Waals surface area contributed by atoms with Crippen molar-refractivity contribution in [2.75, 3.05) is 41.3 Å². The Kier molecular flexibility index (Phi) is 5.81. The van der Waals surface area contributed by atoms with Crippen molar-refractivity contribution in [2.45, 2.75) is 4.90 Å². The lowest BCUT2D eigenvalue weighted by Crippen LogP contribution is -2.31. The van der Waals surface area contributed by atoms with E-state index in [1.165, 1.54) is 18.4 Å². The van der Waals surface area contributed by atoms with Gasteiger partial charge in [-0.15, -0.1) is 0 Å². The highest BCUT2D eigenvalue weighted by molar-refractivity contribution is 7.89. The van der Waals surface area contributed by atoms with Crippen LogP contribution in [0.4, 0.5) is 0 Å². The van der Waals surface area contributed by atoms with Crippen LogP contribution in [-0.4, -0.2) is 74.8 Å². The van der Waals surface area contributed by atoms with Crippen molar-refractivity contribution in [3.63, 3.8) is 0 Å². The minimum Gasteiger partial charge on any atom is -0.351 e. The minimum atomic E-state index is -3.64. The van der Waals surface area contributed by atoms with Crippen LogP contribution in [0.25, 0.3) is 32.8 Å². The van der Waals surface area contributed by atoms with E-state index in [2.05, 4.69) is 5.32 Å². The SMILES string of the molecule is CN(C)CCNC(=O)c1cccc2nc3ccc4c(S(=O)(=O)N(C)C)cccc4c3nc12. The number of fused-ring (bicyclic) bond motifs is 4. The molecule has 32 heavy (non-hydrogen) atoms. The number of aromatic nitrogens is 2. The first-order valence-electron chi connectivity index (χ1n) is 10.2. The van der Waals surface area contributed by atoms with E-state index in [4.69, 9.17) is 9.97 Å². The Balaban J connectivity index is 1.92. The number of likely N-dealkylation sites (N-methyl/N-ethyl adjacent to an activating group) is 1. The van der Waals surface area contributed by atoms with Gasteiger partial charge in [0, 0.05) is 38.0 Å². The molecule has 166 valence electrons. The van der Waals surface area contributed by atoms with Gasteiger partial charge in [0.1, 0.15) is 5.52 Å². The van der Waals surface area contributed by atoms with Crippen LogP contribution in [-0.2, 0) is 10.0 Å². The first-order valence-corrected chi connectivity index (χ1v) is 11.6. The number of carbonyl (C=O) groups excluding carboxylic acids is 1. The Labute approximate surface area is 186 Å². The molecule has 1 N–H and O–H groups in total. The number of hydrogen-bond acceptors (Lipinski definition) is 6. The first-order chi connectivity index (χ1) is 15.2. The second kappa shape index (κ2) is 8.42. The quantitative estimate of drug-likeness (QED) is 0.357. The van der Waals surface area contributed by atoms with E-state index in [1.54, 1.807) is 36.4 Å². The van der Waals surface area contributed by atoms with Gasteiger partial charge < -0.3 is 10.2 Å². The number of carbonyl (C=O) groups is 1. The Hall–Kier alpha value is -3.14. The van der Waals surface area contributed by atoms with E-state index < -0.39 is 10.0 Å². The summed E-state index contributed by atoms with van der Waals surface area (Å²) in [7, 11) is 3.25. The van der Waals surface area contributed by atoms with Crippen LogP contribution in [0.15, 0.2) is 53.4 Å². The Morgan fingerprint density at radius 2 is 1.59 bits per heavy atom. The third kappa shape index (κ3) is 3.90. The van der Waals surface area contributed by atoms with Gasteiger partial charge in [0.2, 0.25) is 10.0 Å². The third-order valence-electron chi connectivity index (χ3n) is 5.30. The van der Waals surface area contributed by atoms with Gasteiger partial charge in [0.25, 0.3) is 5.91 Å². The molecule has 4 aromatic rings. The zero-order valence-corrected chi connectivity index (χ0v) is 19.3. The summed E-state index contributed by atoms with van der Waals surface area (Å²) in [4.78, 5) is 24.5. The average Bonchev–Trinajstić information content (AvgIpc) is 2.76. The summed E-state index contributed by atoms with van der Waals surface area (Å²) in [5.74, 6) is -0.220. The number of amides is 1. The lowest BCUT2D eigenvalue weighted by molar-refractivity contribution is 0.0952. The number of para-hydroxylation sites is 1. The van der Waals surface area contributed by atoms with Crippen molar-refractivity contribution in [3.05, 3.63) is 54.1 Å². The normalized spacial score (nSPS) is 12.3. The molecule has 0 saturated carbocycles. The Morgan fingerprint density at radius 3 is 2.31 bits per heavy atom. The molecule has 9 heteroatoms. The number of nitrogens with one attached hydrogen (secondary N) is 1. The molecular weight excluding hydrogens is 426 g/mol. The zero-order valence-electron chi connectivity index (χ0n) is 18.5. The van der Waals surface area contributed by atoms with E-state index in [9.17, 15) is 13.2 Å². The summed E-state index contributed by atoms with van der Waals surface area (Å²) in [6.07, 6.45) is 0. The first kappa shape index (κ1) is 22.1. The zero-order chi connectivity index (χ0) is 23.0. The molecule has 3 aromatic carbocycles. The van der Waals surface area contributed by atoms with Crippen molar-refractivity contribution in [1.29, 1.82) is 0 Å². The fraction of sp³-hybridized carbons (Fsp3) is 0.261. The van der Waals surface area contributed by atoms with Gasteiger partial charge in [0.15, 0.2) is 0 Å². The van der Waals surface area contributed by atoms with Crippen LogP contribution in [0.5, 0.6) is 0 Å². The van der Waals surface area contributed by atoms with Crippen LogP contribution < -0.4 is 5.32 Å². The Morgan fingerprint density at radius 1 is 0.875 bits per heavy atom.